The van der Waals surface area contributed by atoms with Gasteiger partial charge in [0.2, 0.25) is 0 Å². The van der Waals surface area contributed by atoms with Crippen molar-refractivity contribution in [1.82, 2.24) is 4.73 Å². The summed E-state index contributed by atoms with van der Waals surface area (Å²) < 4.78 is 0.856. The summed E-state index contributed by atoms with van der Waals surface area (Å²) in [5.41, 5.74) is 1.40. The van der Waals surface area contributed by atoms with Crippen molar-refractivity contribution in [2.24, 2.45) is 15.2 Å². The van der Waals surface area contributed by atoms with Gasteiger partial charge in [0.1, 0.15) is 5.71 Å². The molecule has 0 saturated carbocycles. The van der Waals surface area contributed by atoms with Crippen LogP contribution >= 0.6 is 0 Å². The Hall–Kier alpha value is -2.50. The molecule has 6 nitrogen and oxygen atoms in total. The van der Waals surface area contributed by atoms with Crippen molar-refractivity contribution in [3.63, 3.8) is 0 Å². The Kier molecular flexibility index (Phi) is 2.95. The molecule has 1 aromatic heterocycles. The molecule has 0 atom stereocenters. The van der Waals surface area contributed by atoms with Gasteiger partial charge in [0.15, 0.2) is 11.3 Å². The Bertz CT molecular complexity index is 606. The molecule has 2 N–H and O–H groups in total. The third-order valence-corrected chi connectivity index (χ3v) is 2.09. The summed E-state index contributed by atoms with van der Waals surface area (Å²) in [7, 11) is 0. The molecule has 0 aromatic carbocycles. The molecule has 0 fully saturated rings. The zero-order chi connectivity index (χ0) is 12.3. The highest BCUT2D eigenvalue weighted by Gasteiger charge is 2.07. The van der Waals surface area contributed by atoms with Crippen LogP contribution in [0.4, 0.5) is 0 Å². The van der Waals surface area contributed by atoms with Crippen LogP contribution in [-0.4, -0.2) is 27.2 Å². The Morgan fingerprint density at radius 3 is 2.82 bits per heavy atom. The quantitative estimate of drug-likeness (QED) is 0.546. The minimum Gasteiger partial charge on any atom is -0.427 e. The van der Waals surface area contributed by atoms with Crippen molar-refractivity contribution in [3.8, 4) is 0 Å². The summed E-state index contributed by atoms with van der Waals surface area (Å²) in [6, 6.07) is 5.01. The molecule has 0 amide bonds. The standard InChI is InChI=1S/C11H11N5O/c1-8-5-6-9(11(12)13-8)14-15-10-4-2-3-7-16(10)17/h2-7,12,17H,1H3/b12-11?,14-9-,15-10+. The predicted molar refractivity (Wildman–Crippen MR) is 64.6 cm³/mol. The van der Waals surface area contributed by atoms with Crippen LogP contribution in [0.3, 0.4) is 0 Å². The summed E-state index contributed by atoms with van der Waals surface area (Å²) in [5, 5.41) is 24.7. The van der Waals surface area contributed by atoms with Gasteiger partial charge < -0.3 is 5.21 Å². The molecule has 2 heterocycles. The van der Waals surface area contributed by atoms with Gasteiger partial charge in [-0.05, 0) is 31.2 Å². The SMILES string of the molecule is CC1=NC(=N)/C(=N\N=c2/ccccn2O)C=C1. The number of aliphatic imine (C=N–C) groups is 1. The van der Waals surface area contributed by atoms with Crippen molar-refractivity contribution in [2.45, 2.75) is 6.92 Å². The van der Waals surface area contributed by atoms with E-state index in [-0.39, 0.29) is 11.3 Å². The number of hydrogen-bond donors (Lipinski definition) is 2. The molecule has 0 radical (unpaired) electrons. The van der Waals surface area contributed by atoms with Gasteiger partial charge in [-0.1, -0.05) is 6.07 Å². The van der Waals surface area contributed by atoms with Crippen molar-refractivity contribution in [3.05, 3.63) is 42.0 Å². The second-order valence-corrected chi connectivity index (χ2v) is 3.42. The number of nitrogens with one attached hydrogen (secondary N) is 1. The summed E-state index contributed by atoms with van der Waals surface area (Å²) in [5.74, 6) is 0.0640. The number of pyridine rings is 1. The van der Waals surface area contributed by atoms with Crippen LogP contribution in [0.5, 0.6) is 0 Å². The first-order valence-corrected chi connectivity index (χ1v) is 4.98. The molecule has 0 aliphatic carbocycles. The smallest absolute Gasteiger partial charge is 0.189 e. The molecule has 17 heavy (non-hydrogen) atoms. The Balaban J connectivity index is 2.35. The van der Waals surface area contributed by atoms with E-state index < -0.39 is 0 Å². The van der Waals surface area contributed by atoms with Gasteiger partial charge in [0, 0.05) is 11.9 Å². The Morgan fingerprint density at radius 2 is 2.12 bits per heavy atom. The van der Waals surface area contributed by atoms with Crippen molar-refractivity contribution in [1.29, 1.82) is 5.41 Å². The van der Waals surface area contributed by atoms with Crippen LogP contribution in [-0.2, 0) is 0 Å². The van der Waals surface area contributed by atoms with Gasteiger partial charge >= 0.3 is 0 Å². The zero-order valence-corrected chi connectivity index (χ0v) is 9.20. The zero-order valence-electron chi connectivity index (χ0n) is 9.20. The molecule has 1 aliphatic rings. The number of hydrogen-bond acceptors (Lipinski definition) is 4. The Labute approximate surface area is 97.4 Å². The van der Waals surface area contributed by atoms with Gasteiger partial charge in [-0.2, -0.15) is 4.73 Å². The predicted octanol–water partition coefficient (Wildman–Crippen LogP) is 0.990. The normalized spacial score (nSPS) is 18.6. The van der Waals surface area contributed by atoms with E-state index in [1.165, 1.54) is 6.20 Å². The van der Waals surface area contributed by atoms with E-state index in [1.54, 1.807) is 37.3 Å². The Morgan fingerprint density at radius 1 is 1.29 bits per heavy atom. The van der Waals surface area contributed by atoms with Crippen molar-refractivity contribution >= 4 is 17.3 Å². The first-order valence-electron chi connectivity index (χ1n) is 4.98. The van der Waals surface area contributed by atoms with Gasteiger partial charge in [-0.3, -0.25) is 5.41 Å². The van der Waals surface area contributed by atoms with Crippen LogP contribution in [0.2, 0.25) is 0 Å². The fourth-order valence-electron chi connectivity index (χ4n) is 1.24. The van der Waals surface area contributed by atoms with E-state index in [4.69, 9.17) is 5.41 Å². The van der Waals surface area contributed by atoms with Gasteiger partial charge in [0.05, 0.1) is 0 Å². The molecular weight excluding hydrogens is 218 g/mol. The first-order chi connectivity index (χ1) is 8.16. The van der Waals surface area contributed by atoms with Gasteiger partial charge in [-0.25, -0.2) is 4.99 Å². The highest BCUT2D eigenvalue weighted by Crippen LogP contribution is 1.97. The van der Waals surface area contributed by atoms with Crippen molar-refractivity contribution in [2.75, 3.05) is 0 Å². The highest BCUT2D eigenvalue weighted by atomic mass is 16.5. The third kappa shape index (κ3) is 2.54. The van der Waals surface area contributed by atoms with E-state index in [1.807, 2.05) is 0 Å². The average Bonchev–Trinajstić information content (AvgIpc) is 2.30. The maximum atomic E-state index is 9.40. The lowest BCUT2D eigenvalue weighted by molar-refractivity contribution is 0.171. The molecule has 0 bridgehead atoms. The summed E-state index contributed by atoms with van der Waals surface area (Å²) >= 11 is 0. The lowest BCUT2D eigenvalue weighted by atomic mass is 10.2. The van der Waals surface area contributed by atoms with Crippen LogP contribution in [0.15, 0.2) is 51.7 Å². The molecule has 0 unspecified atom stereocenters. The molecular formula is C11H11N5O. The van der Waals surface area contributed by atoms with E-state index in [9.17, 15) is 5.21 Å². The highest BCUT2D eigenvalue weighted by molar-refractivity contribution is 6.48. The minimum absolute atomic E-state index is 0.0640. The number of rotatable bonds is 1. The maximum absolute atomic E-state index is 9.40. The number of allylic oxidation sites excluding steroid dienone is 1. The van der Waals surface area contributed by atoms with Gasteiger partial charge in [-0.15, -0.1) is 10.2 Å². The van der Waals surface area contributed by atoms with Crippen LogP contribution < -0.4 is 5.49 Å². The van der Waals surface area contributed by atoms with E-state index in [2.05, 4.69) is 15.2 Å². The third-order valence-electron chi connectivity index (χ3n) is 2.09. The van der Waals surface area contributed by atoms with Crippen LogP contribution in [0.1, 0.15) is 6.92 Å². The number of nitrogens with zero attached hydrogens (tertiary/aromatic N) is 4. The molecule has 1 aromatic rings. The number of aromatic nitrogens is 1. The second kappa shape index (κ2) is 4.56. The van der Waals surface area contributed by atoms with Crippen LogP contribution in [0.25, 0.3) is 0 Å². The van der Waals surface area contributed by atoms with Gasteiger partial charge in [0.25, 0.3) is 0 Å². The maximum Gasteiger partial charge on any atom is 0.189 e. The lowest BCUT2D eigenvalue weighted by Gasteiger charge is -2.03. The summed E-state index contributed by atoms with van der Waals surface area (Å²) in [4.78, 5) is 3.95. The minimum atomic E-state index is 0.0640. The first kappa shape index (κ1) is 11.0. The molecule has 0 spiro atoms. The fourth-order valence-corrected chi connectivity index (χ4v) is 1.24. The lowest BCUT2D eigenvalue weighted by Crippen LogP contribution is -2.18. The van der Waals surface area contributed by atoms with E-state index in [0.29, 0.717) is 5.71 Å². The molecule has 1 aliphatic heterocycles. The number of dihydropyridines is 1. The monoisotopic (exact) mass is 229 g/mol. The molecule has 86 valence electrons. The molecule has 2 rings (SSSR count). The van der Waals surface area contributed by atoms with E-state index >= 15 is 0 Å². The topological polar surface area (TPSA) is 86.1 Å². The largest absolute Gasteiger partial charge is 0.427 e. The number of amidine groups is 1. The van der Waals surface area contributed by atoms with E-state index in [0.717, 1.165) is 10.4 Å². The van der Waals surface area contributed by atoms with Crippen molar-refractivity contribution < 1.29 is 5.21 Å². The second-order valence-electron chi connectivity index (χ2n) is 3.42. The molecule has 6 heteroatoms. The average molecular weight is 229 g/mol. The summed E-state index contributed by atoms with van der Waals surface area (Å²) in [6.45, 7) is 1.80. The molecule has 0 saturated heterocycles. The van der Waals surface area contributed by atoms with Crippen LogP contribution in [0, 0.1) is 5.41 Å². The fraction of sp³-hybridized carbons (Fsp3) is 0.0909. The summed E-state index contributed by atoms with van der Waals surface area (Å²) in [6.07, 6.45) is 4.87.